The van der Waals surface area contributed by atoms with Gasteiger partial charge in [0.1, 0.15) is 0 Å². The van der Waals surface area contributed by atoms with Crippen LogP contribution in [0.25, 0.3) is 0 Å². The third-order valence-electron chi connectivity index (χ3n) is 6.30. The van der Waals surface area contributed by atoms with Crippen LogP contribution in [0, 0.1) is 24.2 Å². The second-order valence-electron chi connectivity index (χ2n) is 8.32. The Morgan fingerprint density at radius 2 is 2.20 bits per heavy atom. The van der Waals surface area contributed by atoms with E-state index in [1.165, 1.54) is 19.4 Å². The molecular weight excluding hydrogens is 314 g/mol. The normalized spacial score (nSPS) is 29.7. The van der Waals surface area contributed by atoms with E-state index in [1.807, 2.05) is 24.0 Å². The Labute approximate surface area is 150 Å². The van der Waals surface area contributed by atoms with Gasteiger partial charge < -0.3 is 14.5 Å². The lowest BCUT2D eigenvalue weighted by Gasteiger charge is -2.30. The van der Waals surface area contributed by atoms with Gasteiger partial charge in [-0.25, -0.2) is 0 Å². The number of rotatable bonds is 5. The largest absolute Gasteiger partial charge is 0.384 e. The van der Waals surface area contributed by atoms with Crippen molar-refractivity contribution in [2.75, 3.05) is 46.4 Å². The number of carbonyl (C=O) groups excluding carboxylic acids is 1. The molecule has 1 spiro atoms. The summed E-state index contributed by atoms with van der Waals surface area (Å²) in [6, 6.07) is 3.82. The van der Waals surface area contributed by atoms with Gasteiger partial charge in [-0.2, -0.15) is 0 Å². The molecule has 0 bridgehead atoms. The van der Waals surface area contributed by atoms with Crippen molar-refractivity contribution in [3.05, 3.63) is 29.6 Å². The first-order valence-electron chi connectivity index (χ1n) is 9.53. The van der Waals surface area contributed by atoms with Crippen molar-refractivity contribution in [2.45, 2.75) is 26.2 Å². The molecule has 3 fully saturated rings. The summed E-state index contributed by atoms with van der Waals surface area (Å²) in [7, 11) is 1.80. The van der Waals surface area contributed by atoms with Crippen molar-refractivity contribution in [3.63, 3.8) is 0 Å². The van der Waals surface area contributed by atoms with Gasteiger partial charge in [0.25, 0.3) is 5.91 Å². The highest BCUT2D eigenvalue weighted by Gasteiger charge is 2.51. The summed E-state index contributed by atoms with van der Waals surface area (Å²) < 4.78 is 5.53. The monoisotopic (exact) mass is 343 g/mol. The summed E-state index contributed by atoms with van der Waals surface area (Å²) in [4.78, 5) is 21.8. The van der Waals surface area contributed by atoms with E-state index in [0.717, 1.165) is 50.8 Å². The second kappa shape index (κ2) is 6.69. The van der Waals surface area contributed by atoms with Crippen molar-refractivity contribution in [3.8, 4) is 0 Å². The maximum atomic E-state index is 12.9. The zero-order valence-electron chi connectivity index (χ0n) is 15.4. The molecule has 5 nitrogen and oxygen atoms in total. The Morgan fingerprint density at radius 1 is 1.36 bits per heavy atom. The van der Waals surface area contributed by atoms with E-state index < -0.39 is 0 Å². The van der Waals surface area contributed by atoms with E-state index in [2.05, 4.69) is 9.88 Å². The van der Waals surface area contributed by atoms with Gasteiger partial charge in [0.05, 0.1) is 12.2 Å². The van der Waals surface area contributed by atoms with Crippen LogP contribution in [0.2, 0.25) is 0 Å². The Morgan fingerprint density at radius 3 is 2.88 bits per heavy atom. The molecule has 0 aromatic carbocycles. The van der Waals surface area contributed by atoms with Crippen LogP contribution in [0.5, 0.6) is 0 Å². The van der Waals surface area contributed by atoms with E-state index >= 15 is 0 Å². The van der Waals surface area contributed by atoms with Crippen molar-refractivity contribution >= 4 is 5.91 Å². The van der Waals surface area contributed by atoms with Gasteiger partial charge in [0, 0.05) is 63.1 Å². The molecule has 0 N–H and O–H groups in total. The molecule has 25 heavy (non-hydrogen) atoms. The molecule has 1 aromatic rings. The summed E-state index contributed by atoms with van der Waals surface area (Å²) in [5.41, 5.74) is 1.86. The van der Waals surface area contributed by atoms with Crippen LogP contribution in [-0.4, -0.2) is 67.1 Å². The standard InChI is InChI=1S/C20H29N3O2/c1-15-3-6-17(9-21-15)19(24)23-8-7-20(14-23)13-22(10-16-4-5-16)11-18(20)12-25-2/h3,6,9,16,18H,4-5,7-8,10-14H2,1-2H3/t18-,20-/m1/s1. The highest BCUT2D eigenvalue weighted by molar-refractivity contribution is 5.94. The first-order valence-corrected chi connectivity index (χ1v) is 9.53. The molecule has 1 saturated carbocycles. The predicted molar refractivity (Wildman–Crippen MR) is 96.5 cm³/mol. The fourth-order valence-corrected chi connectivity index (χ4v) is 4.69. The van der Waals surface area contributed by atoms with Gasteiger partial charge in [0.15, 0.2) is 0 Å². The Kier molecular flexibility index (Phi) is 4.54. The third kappa shape index (κ3) is 3.44. The maximum Gasteiger partial charge on any atom is 0.255 e. The molecular formula is C20H29N3O2. The molecule has 2 atom stereocenters. The van der Waals surface area contributed by atoms with E-state index in [0.29, 0.717) is 11.5 Å². The van der Waals surface area contributed by atoms with E-state index in [9.17, 15) is 4.79 Å². The number of hydrogen-bond acceptors (Lipinski definition) is 4. The Bertz CT molecular complexity index is 628. The van der Waals surface area contributed by atoms with Gasteiger partial charge in [-0.3, -0.25) is 9.78 Å². The van der Waals surface area contributed by atoms with Gasteiger partial charge >= 0.3 is 0 Å². The zero-order valence-corrected chi connectivity index (χ0v) is 15.4. The molecule has 4 rings (SSSR count). The van der Waals surface area contributed by atoms with E-state index in [1.54, 1.807) is 13.3 Å². The van der Waals surface area contributed by atoms with Crippen LogP contribution in [0.4, 0.5) is 0 Å². The maximum absolute atomic E-state index is 12.9. The van der Waals surface area contributed by atoms with Crippen LogP contribution in [0.15, 0.2) is 18.3 Å². The van der Waals surface area contributed by atoms with Gasteiger partial charge in [0.2, 0.25) is 0 Å². The van der Waals surface area contributed by atoms with Crippen LogP contribution in [0.1, 0.15) is 35.3 Å². The van der Waals surface area contributed by atoms with Gasteiger partial charge in [-0.15, -0.1) is 0 Å². The summed E-state index contributed by atoms with van der Waals surface area (Å²) in [5, 5.41) is 0. The lowest BCUT2D eigenvalue weighted by atomic mass is 9.77. The molecule has 3 aliphatic rings. The van der Waals surface area contributed by atoms with Crippen molar-refractivity contribution < 1.29 is 9.53 Å². The molecule has 5 heteroatoms. The fraction of sp³-hybridized carbons (Fsp3) is 0.700. The average molecular weight is 343 g/mol. The Hall–Kier alpha value is -1.46. The smallest absolute Gasteiger partial charge is 0.255 e. The minimum atomic E-state index is 0.126. The molecule has 0 radical (unpaired) electrons. The van der Waals surface area contributed by atoms with Crippen molar-refractivity contribution in [1.29, 1.82) is 0 Å². The first kappa shape index (κ1) is 17.0. The van der Waals surface area contributed by atoms with Crippen LogP contribution < -0.4 is 0 Å². The zero-order chi connectivity index (χ0) is 17.4. The van der Waals surface area contributed by atoms with E-state index in [-0.39, 0.29) is 11.3 Å². The number of carbonyl (C=O) groups is 1. The van der Waals surface area contributed by atoms with Crippen LogP contribution >= 0.6 is 0 Å². The van der Waals surface area contributed by atoms with Gasteiger partial charge in [-0.05, 0) is 44.2 Å². The quantitative estimate of drug-likeness (QED) is 0.822. The van der Waals surface area contributed by atoms with Crippen molar-refractivity contribution in [1.82, 2.24) is 14.8 Å². The summed E-state index contributed by atoms with van der Waals surface area (Å²) in [6.45, 7) is 7.93. The first-order chi connectivity index (χ1) is 12.1. The minimum absolute atomic E-state index is 0.126. The number of nitrogens with zero attached hydrogens (tertiary/aromatic N) is 3. The van der Waals surface area contributed by atoms with Crippen LogP contribution in [-0.2, 0) is 4.74 Å². The van der Waals surface area contributed by atoms with E-state index in [4.69, 9.17) is 4.74 Å². The highest BCUT2D eigenvalue weighted by Crippen LogP contribution is 2.45. The number of methoxy groups -OCH3 is 1. The topological polar surface area (TPSA) is 45.7 Å². The molecule has 1 aromatic heterocycles. The SMILES string of the molecule is COC[C@H]1CN(CC2CC2)C[C@@]12CCN(C(=O)c1ccc(C)nc1)C2. The summed E-state index contributed by atoms with van der Waals surface area (Å²) in [6.07, 6.45) is 5.59. The highest BCUT2D eigenvalue weighted by atomic mass is 16.5. The minimum Gasteiger partial charge on any atom is -0.384 e. The second-order valence-corrected chi connectivity index (χ2v) is 8.32. The summed E-state index contributed by atoms with van der Waals surface area (Å²) in [5.74, 6) is 1.57. The molecule has 2 saturated heterocycles. The number of pyridine rings is 1. The Balaban J connectivity index is 1.46. The molecule has 136 valence electrons. The predicted octanol–water partition coefficient (Wildman–Crippen LogP) is 2.21. The number of ether oxygens (including phenoxy) is 1. The molecule has 0 unspecified atom stereocenters. The lowest BCUT2D eigenvalue weighted by molar-refractivity contribution is 0.0715. The number of amides is 1. The average Bonchev–Trinajstić information content (AvgIpc) is 3.22. The third-order valence-corrected chi connectivity index (χ3v) is 6.30. The molecule has 2 aliphatic heterocycles. The van der Waals surface area contributed by atoms with Crippen LogP contribution in [0.3, 0.4) is 0 Å². The number of hydrogen-bond donors (Lipinski definition) is 0. The number of aryl methyl sites for hydroxylation is 1. The fourth-order valence-electron chi connectivity index (χ4n) is 4.69. The molecule has 3 heterocycles. The van der Waals surface area contributed by atoms with Crippen molar-refractivity contribution in [2.24, 2.45) is 17.3 Å². The lowest BCUT2D eigenvalue weighted by Crippen LogP contribution is -2.38. The number of aromatic nitrogens is 1. The molecule has 1 aliphatic carbocycles. The summed E-state index contributed by atoms with van der Waals surface area (Å²) >= 11 is 0. The molecule has 1 amide bonds. The van der Waals surface area contributed by atoms with Gasteiger partial charge in [-0.1, -0.05) is 0 Å². The number of likely N-dealkylation sites (tertiary alicyclic amines) is 2.